The molecule has 0 saturated heterocycles. The van der Waals surface area contributed by atoms with E-state index in [1.165, 1.54) is 169 Å². The first-order valence-corrected chi connectivity index (χ1v) is 44.0. The van der Waals surface area contributed by atoms with Gasteiger partial charge in [-0.2, -0.15) is 52.7 Å². The molecule has 0 aliphatic heterocycles. The minimum absolute atomic E-state index is 0.105. The van der Waals surface area contributed by atoms with Crippen LogP contribution in [0.3, 0.4) is 0 Å². The Bertz CT molecular complexity index is 1940. The summed E-state index contributed by atoms with van der Waals surface area (Å²) in [7, 11) is 0. The summed E-state index contributed by atoms with van der Waals surface area (Å²) < 4.78 is 186. The van der Waals surface area contributed by atoms with Crippen molar-refractivity contribution in [3.8, 4) is 0 Å². The van der Waals surface area contributed by atoms with Crippen LogP contribution in [0.1, 0.15) is 467 Å². The Labute approximate surface area is 667 Å². The zero-order chi connectivity index (χ0) is 87.7. The monoisotopic (exact) mass is 1610 g/mol. The molecule has 3 atom stereocenters. The fraction of sp³-hybridized carbons (Fsp3) is 1.00. The third-order valence-electron chi connectivity index (χ3n) is 22.7. The molecule has 0 aromatic carbocycles. The highest BCUT2D eigenvalue weighted by Gasteiger charge is 2.48. The van der Waals surface area contributed by atoms with Gasteiger partial charge in [-0.05, 0) is 236 Å². The van der Waals surface area contributed by atoms with Crippen molar-refractivity contribution < 1.29 is 70.2 Å². The van der Waals surface area contributed by atoms with Gasteiger partial charge in [0.2, 0.25) is 5.92 Å². The van der Waals surface area contributed by atoms with E-state index < -0.39 is 66.6 Å². The molecular formula is C93H184F16. The summed E-state index contributed by atoms with van der Waals surface area (Å²) >= 11 is 0. The maximum atomic E-state index is 12.5. The van der Waals surface area contributed by atoms with Gasteiger partial charge in [-0.25, -0.2) is 17.6 Å². The van der Waals surface area contributed by atoms with Crippen molar-refractivity contribution in [3.05, 3.63) is 0 Å². The van der Waals surface area contributed by atoms with Gasteiger partial charge in [0.15, 0.2) is 0 Å². The predicted octanol–water partition coefficient (Wildman–Crippen LogP) is 38.0. The first kappa shape index (κ1) is 121. The number of hydrogen-bond acceptors (Lipinski definition) is 0. The molecule has 0 bridgehead atoms. The Morgan fingerprint density at radius 3 is 0.743 bits per heavy atom. The van der Waals surface area contributed by atoms with Crippen LogP contribution in [0.4, 0.5) is 70.2 Å². The molecule has 7 aliphatic carbocycles. The zero-order valence-electron chi connectivity index (χ0n) is 77.8. The van der Waals surface area contributed by atoms with E-state index >= 15 is 0 Å². The molecule has 7 saturated carbocycles. The first-order chi connectivity index (χ1) is 49.0. The summed E-state index contributed by atoms with van der Waals surface area (Å²) in [6.45, 7) is 67.2. The van der Waals surface area contributed by atoms with E-state index in [9.17, 15) is 70.2 Å². The van der Waals surface area contributed by atoms with Crippen molar-refractivity contribution >= 4 is 0 Å². The molecule has 0 radical (unpaired) electrons. The van der Waals surface area contributed by atoms with Crippen molar-refractivity contribution in [1.29, 1.82) is 0 Å². The second-order valence-electron chi connectivity index (χ2n) is 40.0. The minimum Gasteiger partial charge on any atom is -0.245 e. The van der Waals surface area contributed by atoms with Gasteiger partial charge >= 0.3 is 24.7 Å². The third-order valence-corrected chi connectivity index (χ3v) is 22.7. The van der Waals surface area contributed by atoms with Crippen molar-refractivity contribution in [2.45, 2.75) is 509 Å². The maximum Gasteiger partial charge on any atom is 0.391 e. The summed E-state index contributed by atoms with van der Waals surface area (Å²) in [4.78, 5) is 0. The highest BCUT2D eigenvalue weighted by atomic mass is 19.4. The average Bonchev–Trinajstić information content (AvgIpc) is 1.16. The largest absolute Gasteiger partial charge is 0.391 e. The standard InChI is InChI=1S/C16H30.C14H26.C11H20.C7H12F2.2C6H11F3.C6H13F.C5H9F3.C5H12.C4H7F3.C4H9F.C4H10.C3H8.C2H6/c1-13-6-8-16(9-7-13)11-14(2,3)10-15(4,5)12-16;1-12-4-6-14(7-5-12)10-8-13(2,3)9-11-14;1-10-4-8-11(9-5-10)6-2-3-7-11;1-6-2-4-7(8,9)5-3-6;2*1-3-5(2)4-6(7,8)9;1-4-6(3,7)5-2;1-3-4(2)5(6,7)8;1-4-5(2)3;1-3(2)4(5,6)7;1-4(2,3)5;1-4(2)3;1-3-2;1-2/h13H,6-12H2,1-5H3;12H,4-11H2,1-3H3;10H,2-9H2,1H3;6H,2-5H2,1H3;2*5H,3-4H2,1-2H3;4-5H2,1-3H3;4H,3H2,1-2H3;5H,4H2,1-3H3;3H,1-2H3;1-3H3;4H,1-3H3;3H2,1-2H3;1-2H3/t;;;;2*5-;;;;;;;;/m....00......../s1. The lowest BCUT2D eigenvalue weighted by molar-refractivity contribution is -0.170. The first-order valence-electron chi connectivity index (χ1n) is 44.0. The van der Waals surface area contributed by atoms with E-state index in [2.05, 4.69) is 118 Å². The van der Waals surface area contributed by atoms with Crippen molar-refractivity contribution in [3.63, 3.8) is 0 Å². The van der Waals surface area contributed by atoms with Crippen molar-refractivity contribution in [2.24, 2.45) is 91.7 Å². The Balaban J connectivity index is -0.000000211. The number of rotatable bonds is 8. The Kier molecular flexibility index (Phi) is 65.2. The molecule has 109 heavy (non-hydrogen) atoms. The Morgan fingerprint density at radius 2 is 0.578 bits per heavy atom. The number of hydrogen-bond donors (Lipinski definition) is 0. The van der Waals surface area contributed by atoms with Crippen LogP contribution in [0.2, 0.25) is 0 Å². The molecule has 16 heteroatoms. The van der Waals surface area contributed by atoms with E-state index in [1.54, 1.807) is 60.3 Å². The molecule has 0 nitrogen and oxygen atoms in total. The van der Waals surface area contributed by atoms with Crippen molar-refractivity contribution in [2.75, 3.05) is 0 Å². The molecular weight excluding hydrogens is 1420 g/mol. The molecule has 0 N–H and O–H groups in total. The van der Waals surface area contributed by atoms with Crippen LogP contribution in [0, 0.1) is 91.7 Å². The summed E-state index contributed by atoms with van der Waals surface area (Å²) in [5, 5.41) is 0. The van der Waals surface area contributed by atoms with Gasteiger partial charge in [0, 0.05) is 31.6 Å². The maximum absolute atomic E-state index is 12.5. The van der Waals surface area contributed by atoms with Crippen LogP contribution in [-0.2, 0) is 0 Å². The molecule has 0 aromatic rings. The van der Waals surface area contributed by atoms with Crippen LogP contribution in [-0.4, -0.2) is 42.0 Å². The summed E-state index contributed by atoms with van der Waals surface area (Å²) in [5.41, 5.74) is 2.23. The number of alkyl halides is 16. The smallest absolute Gasteiger partial charge is 0.245 e. The van der Waals surface area contributed by atoms with E-state index in [1.807, 2.05) is 34.6 Å². The second-order valence-corrected chi connectivity index (χ2v) is 40.0. The molecule has 0 amide bonds. The lowest BCUT2D eigenvalue weighted by Crippen LogP contribution is -2.43. The normalized spacial score (nSPS) is 21.3. The molecule has 7 fully saturated rings. The van der Waals surface area contributed by atoms with E-state index in [0.717, 1.165) is 54.3 Å². The van der Waals surface area contributed by atoms with Crippen LogP contribution < -0.4 is 0 Å². The third kappa shape index (κ3) is 76.6. The van der Waals surface area contributed by atoms with Gasteiger partial charge in [0.25, 0.3) is 0 Å². The topological polar surface area (TPSA) is 0 Å². The van der Waals surface area contributed by atoms with Gasteiger partial charge in [-0.3, -0.25) is 0 Å². The molecule has 7 rings (SSSR count). The van der Waals surface area contributed by atoms with Crippen LogP contribution in [0.25, 0.3) is 0 Å². The highest BCUT2D eigenvalue weighted by molar-refractivity contribution is 4.99. The van der Waals surface area contributed by atoms with Crippen molar-refractivity contribution in [1.82, 2.24) is 0 Å². The summed E-state index contributed by atoms with van der Waals surface area (Å²) in [6.07, 6.45) is 24.2. The molecule has 0 heterocycles. The highest BCUT2D eigenvalue weighted by Crippen LogP contribution is 2.60. The Morgan fingerprint density at radius 1 is 0.339 bits per heavy atom. The van der Waals surface area contributed by atoms with Crippen LogP contribution in [0.5, 0.6) is 0 Å². The SMILES string of the molecule is CC.CC(C)(C)F.CC(C)C.CC(C)C(F)(F)F.CC1CCC(F)(F)CC1.CC1CCC2(CC1)CC(C)(C)CC(C)(C)C2.CC1CCC2(CC1)CCC(C)(C)CC2.CC1CCC2(CCCC2)CC1.CCC.CCC(C)(F)CC.CCC(C)C.CCC(C)C(F)(F)F.CC[C@H](C)CC(F)(F)F.CC[C@H](C)CC(F)(F)F. The average molecular weight is 1610 g/mol. The lowest BCUT2D eigenvalue weighted by atomic mass is 9.51. The molecule has 668 valence electrons. The summed E-state index contributed by atoms with van der Waals surface area (Å²) in [6, 6.07) is 0. The minimum atomic E-state index is -4.00. The predicted molar refractivity (Wildman–Crippen MR) is 445 cm³/mol. The molecule has 1 unspecified atom stereocenters. The molecule has 3 spiro atoms. The number of halogens is 16. The van der Waals surface area contributed by atoms with Crippen LogP contribution >= 0.6 is 0 Å². The summed E-state index contributed by atoms with van der Waals surface area (Å²) in [5.74, 6) is 0.104. The van der Waals surface area contributed by atoms with E-state index in [4.69, 9.17) is 0 Å². The molecule has 0 aromatic heterocycles. The van der Waals surface area contributed by atoms with Gasteiger partial charge in [0.1, 0.15) is 11.3 Å². The van der Waals surface area contributed by atoms with Crippen LogP contribution in [0.15, 0.2) is 0 Å². The lowest BCUT2D eigenvalue weighted by Gasteiger charge is -2.54. The fourth-order valence-electron chi connectivity index (χ4n) is 14.3. The van der Waals surface area contributed by atoms with Gasteiger partial charge < -0.3 is 0 Å². The second kappa shape index (κ2) is 58.7. The Hall–Kier alpha value is -1.12. The fourth-order valence-corrected chi connectivity index (χ4v) is 14.3. The quantitative estimate of drug-likeness (QED) is 0.213. The van der Waals surface area contributed by atoms with Gasteiger partial charge in [-0.15, -0.1) is 0 Å². The molecule has 7 aliphatic rings. The zero-order valence-corrected chi connectivity index (χ0v) is 77.8. The van der Waals surface area contributed by atoms with E-state index in [0.29, 0.717) is 66.1 Å². The van der Waals surface area contributed by atoms with E-state index in [-0.39, 0.29) is 31.1 Å². The van der Waals surface area contributed by atoms with Gasteiger partial charge in [-0.1, -0.05) is 285 Å². The van der Waals surface area contributed by atoms with Gasteiger partial charge in [0.05, 0.1) is 5.92 Å².